The topological polar surface area (TPSA) is 102 Å². The minimum atomic E-state index is -4.77. The van der Waals surface area contributed by atoms with Crippen LogP contribution < -0.4 is 5.32 Å². The van der Waals surface area contributed by atoms with Crippen molar-refractivity contribution >= 4 is 23.1 Å². The van der Waals surface area contributed by atoms with Crippen molar-refractivity contribution in [1.82, 2.24) is 25.0 Å². The Bertz CT molecular complexity index is 1650. The summed E-state index contributed by atoms with van der Waals surface area (Å²) in [5.41, 5.74) is -0.452. The fourth-order valence-corrected chi connectivity index (χ4v) is 4.64. The van der Waals surface area contributed by atoms with Crippen molar-refractivity contribution < 1.29 is 36.3 Å². The summed E-state index contributed by atoms with van der Waals surface area (Å²) in [7, 11) is 0. The van der Waals surface area contributed by atoms with E-state index in [1.807, 2.05) is 0 Å². The fourth-order valence-electron chi connectivity index (χ4n) is 4.64. The SMILES string of the molecule is Cc1nc2cc(F)c(CNC(=O)c3cccc(-n4nc(C(F)(F)F)c5c4CCN(C(=O)OC(C)(C)C)C5)c3)cc2o1. The molecular weight excluding hydrogens is 546 g/mol. The molecule has 5 rings (SSSR count). The van der Waals surface area contributed by atoms with Crippen LogP contribution in [0.25, 0.3) is 16.8 Å². The Morgan fingerprint density at radius 1 is 1.15 bits per heavy atom. The van der Waals surface area contributed by atoms with Gasteiger partial charge in [0.1, 0.15) is 16.9 Å². The molecule has 1 N–H and O–H groups in total. The quantitative estimate of drug-likeness (QED) is 0.314. The lowest BCUT2D eigenvalue weighted by molar-refractivity contribution is -0.142. The average Bonchev–Trinajstić information content (AvgIpc) is 3.45. The molecule has 216 valence electrons. The van der Waals surface area contributed by atoms with E-state index in [4.69, 9.17) is 9.15 Å². The zero-order chi connectivity index (χ0) is 29.7. The first-order valence-electron chi connectivity index (χ1n) is 12.8. The standard InChI is InChI=1S/C28H27F4N5O4/c1-15-34-21-12-20(29)17(11-23(21)40-15)13-33-25(38)16-6-5-7-18(10-16)37-22-8-9-36(26(39)41-27(2,3)4)14-19(22)24(35-37)28(30,31)32/h5-7,10-12H,8-9,13-14H2,1-4H3,(H,33,38). The third-order valence-electron chi connectivity index (χ3n) is 6.43. The molecule has 2 amide bonds. The molecule has 2 aromatic carbocycles. The van der Waals surface area contributed by atoms with E-state index in [1.165, 1.54) is 41.3 Å². The molecule has 0 bridgehead atoms. The normalized spacial score (nSPS) is 13.8. The summed E-state index contributed by atoms with van der Waals surface area (Å²) < 4.78 is 68.4. The molecule has 0 saturated heterocycles. The van der Waals surface area contributed by atoms with Gasteiger partial charge in [0.2, 0.25) is 0 Å². The maximum Gasteiger partial charge on any atom is 0.435 e. The summed E-state index contributed by atoms with van der Waals surface area (Å²) >= 11 is 0. The van der Waals surface area contributed by atoms with Gasteiger partial charge in [0.05, 0.1) is 17.9 Å². The Kier molecular flexibility index (Phi) is 7.00. The molecule has 1 aliphatic rings. The van der Waals surface area contributed by atoms with Crippen LogP contribution in [0.2, 0.25) is 0 Å². The number of hydrogen-bond donors (Lipinski definition) is 1. The third-order valence-corrected chi connectivity index (χ3v) is 6.43. The predicted molar refractivity (Wildman–Crippen MR) is 139 cm³/mol. The van der Waals surface area contributed by atoms with Gasteiger partial charge in [0.25, 0.3) is 5.91 Å². The van der Waals surface area contributed by atoms with Crippen molar-refractivity contribution in [3.63, 3.8) is 0 Å². The smallest absolute Gasteiger partial charge is 0.435 e. The van der Waals surface area contributed by atoms with Crippen LogP contribution in [0.4, 0.5) is 22.4 Å². The summed E-state index contributed by atoms with van der Waals surface area (Å²) in [5, 5.41) is 6.48. The zero-order valence-electron chi connectivity index (χ0n) is 22.7. The second kappa shape index (κ2) is 10.2. The van der Waals surface area contributed by atoms with Crippen molar-refractivity contribution in [3.8, 4) is 5.69 Å². The molecule has 41 heavy (non-hydrogen) atoms. The van der Waals surface area contributed by atoms with E-state index in [-0.39, 0.29) is 54.1 Å². The number of halogens is 4. The van der Waals surface area contributed by atoms with Crippen LogP contribution in [0, 0.1) is 12.7 Å². The zero-order valence-corrected chi connectivity index (χ0v) is 22.7. The first-order chi connectivity index (χ1) is 19.2. The molecule has 4 aromatic rings. The minimum Gasteiger partial charge on any atom is -0.444 e. The Labute approximate surface area is 232 Å². The number of aryl methyl sites for hydroxylation is 1. The molecule has 13 heteroatoms. The molecule has 3 heterocycles. The van der Waals surface area contributed by atoms with E-state index < -0.39 is 35.3 Å². The summed E-state index contributed by atoms with van der Waals surface area (Å²) in [6.45, 7) is 6.32. The number of aromatic nitrogens is 3. The number of benzene rings is 2. The van der Waals surface area contributed by atoms with Crippen LogP contribution in [0.3, 0.4) is 0 Å². The first-order valence-corrected chi connectivity index (χ1v) is 12.8. The number of amides is 2. The molecular formula is C28H27F4N5O4. The second-order valence-corrected chi connectivity index (χ2v) is 10.7. The average molecular weight is 574 g/mol. The van der Waals surface area contributed by atoms with Crippen molar-refractivity contribution in [2.45, 2.75) is 59.0 Å². The van der Waals surface area contributed by atoms with Crippen LogP contribution >= 0.6 is 0 Å². The largest absolute Gasteiger partial charge is 0.444 e. The fraction of sp³-hybridized carbons (Fsp3) is 0.357. The van der Waals surface area contributed by atoms with Crippen LogP contribution in [0.15, 0.2) is 40.8 Å². The molecule has 0 radical (unpaired) electrons. The summed E-state index contributed by atoms with van der Waals surface area (Å²) in [6, 6.07) is 8.62. The van der Waals surface area contributed by atoms with Crippen molar-refractivity contribution in [2.75, 3.05) is 6.54 Å². The van der Waals surface area contributed by atoms with Crippen molar-refractivity contribution in [3.05, 3.63) is 76.2 Å². The Morgan fingerprint density at radius 3 is 2.61 bits per heavy atom. The first kappa shape index (κ1) is 28.1. The maximum absolute atomic E-state index is 14.5. The van der Waals surface area contributed by atoms with Gasteiger partial charge in [-0.1, -0.05) is 6.07 Å². The Balaban J connectivity index is 1.39. The molecule has 0 spiro atoms. The van der Waals surface area contributed by atoms with Crippen LogP contribution in [0.1, 0.15) is 59.5 Å². The van der Waals surface area contributed by atoms with E-state index in [0.29, 0.717) is 17.0 Å². The van der Waals surface area contributed by atoms with Gasteiger partial charge in [-0.2, -0.15) is 18.3 Å². The highest BCUT2D eigenvalue weighted by atomic mass is 19.4. The Hall–Kier alpha value is -4.42. The van der Waals surface area contributed by atoms with Crippen LogP contribution in [0.5, 0.6) is 0 Å². The van der Waals surface area contributed by atoms with Gasteiger partial charge in [-0.3, -0.25) is 4.79 Å². The lowest BCUT2D eigenvalue weighted by Gasteiger charge is -2.30. The number of rotatable bonds is 4. The number of fused-ring (bicyclic) bond motifs is 2. The number of hydrogen-bond acceptors (Lipinski definition) is 6. The summed E-state index contributed by atoms with van der Waals surface area (Å²) in [4.78, 5) is 30.8. The molecule has 9 nitrogen and oxygen atoms in total. The molecule has 0 aliphatic carbocycles. The summed E-state index contributed by atoms with van der Waals surface area (Å²) in [6.07, 6.45) is -5.39. The Morgan fingerprint density at radius 2 is 1.90 bits per heavy atom. The van der Waals surface area contributed by atoms with Gasteiger partial charge in [-0.25, -0.2) is 18.9 Å². The molecule has 0 atom stereocenters. The predicted octanol–water partition coefficient (Wildman–Crippen LogP) is 5.70. The van der Waals surface area contributed by atoms with Crippen LogP contribution in [-0.2, 0) is 30.4 Å². The number of nitrogens with one attached hydrogen (secondary N) is 1. The molecule has 1 aliphatic heterocycles. The van der Waals surface area contributed by atoms with E-state index >= 15 is 0 Å². The monoisotopic (exact) mass is 573 g/mol. The van der Waals surface area contributed by atoms with Gasteiger partial charge in [-0.05, 0) is 45.0 Å². The van der Waals surface area contributed by atoms with E-state index in [9.17, 15) is 27.2 Å². The lowest BCUT2D eigenvalue weighted by Crippen LogP contribution is -2.40. The maximum atomic E-state index is 14.5. The minimum absolute atomic E-state index is 0.0942. The van der Waals surface area contributed by atoms with Gasteiger partial charge < -0.3 is 19.4 Å². The number of carbonyl (C=O) groups is 2. The number of alkyl halides is 3. The number of carbonyl (C=O) groups excluding carboxylic acids is 2. The van der Waals surface area contributed by atoms with E-state index in [2.05, 4.69) is 15.4 Å². The molecule has 0 fully saturated rings. The molecule has 2 aromatic heterocycles. The van der Waals surface area contributed by atoms with Crippen molar-refractivity contribution in [2.24, 2.45) is 0 Å². The van der Waals surface area contributed by atoms with Gasteiger partial charge >= 0.3 is 12.3 Å². The highest BCUT2D eigenvalue weighted by Gasteiger charge is 2.42. The molecule has 0 unspecified atom stereocenters. The number of oxazole rings is 1. The van der Waals surface area contributed by atoms with Crippen LogP contribution in [-0.4, -0.2) is 43.8 Å². The van der Waals surface area contributed by atoms with Gasteiger partial charge in [0.15, 0.2) is 17.2 Å². The van der Waals surface area contributed by atoms with Gasteiger partial charge in [0, 0.05) is 49.2 Å². The van der Waals surface area contributed by atoms with Crippen molar-refractivity contribution in [1.29, 1.82) is 0 Å². The van der Waals surface area contributed by atoms with E-state index in [0.717, 1.165) is 4.68 Å². The highest BCUT2D eigenvalue weighted by Crippen LogP contribution is 2.36. The van der Waals surface area contributed by atoms with E-state index in [1.54, 1.807) is 27.7 Å². The number of ether oxygens (including phenoxy) is 1. The third kappa shape index (κ3) is 5.88. The van der Waals surface area contributed by atoms with Gasteiger partial charge in [-0.15, -0.1) is 0 Å². The number of nitrogens with zero attached hydrogens (tertiary/aromatic N) is 4. The summed E-state index contributed by atoms with van der Waals surface area (Å²) in [5.74, 6) is -0.749. The lowest BCUT2D eigenvalue weighted by atomic mass is 10.0. The molecule has 0 saturated carbocycles. The second-order valence-electron chi connectivity index (χ2n) is 10.7. The highest BCUT2D eigenvalue weighted by molar-refractivity contribution is 5.94.